The van der Waals surface area contributed by atoms with E-state index in [9.17, 15) is 0 Å². The molecule has 2 aromatic heterocycles. The number of nitrogens with zero attached hydrogens (tertiary/aromatic N) is 2. The Bertz CT molecular complexity index is 656. The van der Waals surface area contributed by atoms with Gasteiger partial charge in [0.15, 0.2) is 0 Å². The molecule has 114 valence electrons. The highest BCUT2D eigenvalue weighted by atomic mass is 32.2. The van der Waals surface area contributed by atoms with Gasteiger partial charge in [0.25, 0.3) is 0 Å². The number of hydrogen-bond acceptors (Lipinski definition) is 6. The average Bonchev–Trinajstić information content (AvgIpc) is 3.00. The minimum Gasteiger partial charge on any atom is -0.377 e. The van der Waals surface area contributed by atoms with Crippen molar-refractivity contribution in [1.82, 2.24) is 9.97 Å². The Kier molecular flexibility index (Phi) is 4.38. The zero-order valence-corrected chi connectivity index (χ0v) is 14.5. The highest BCUT2D eigenvalue weighted by molar-refractivity contribution is 7.99. The van der Waals surface area contributed by atoms with Gasteiger partial charge in [-0.15, -0.1) is 23.1 Å². The highest BCUT2D eigenvalue weighted by Gasteiger charge is 2.25. The van der Waals surface area contributed by atoms with Crippen LogP contribution in [0.1, 0.15) is 29.6 Å². The van der Waals surface area contributed by atoms with E-state index in [1.807, 2.05) is 18.8 Å². The van der Waals surface area contributed by atoms with Gasteiger partial charge in [-0.1, -0.05) is 0 Å². The number of anilines is 1. The van der Waals surface area contributed by atoms with Crippen molar-refractivity contribution in [3.8, 4) is 0 Å². The van der Waals surface area contributed by atoms with Crippen LogP contribution >= 0.6 is 23.1 Å². The standard InChI is InChI=1S/C15H21N3OS2/c1-8-10(3)21-15-13(8)14(16-4)17-12(18-15)7-20-11-5-6-19-9(11)2/h9,11H,5-7H2,1-4H3,(H,16,17,18). The largest absolute Gasteiger partial charge is 0.377 e. The van der Waals surface area contributed by atoms with Crippen LogP contribution < -0.4 is 5.32 Å². The molecule has 1 aliphatic rings. The molecule has 3 rings (SSSR count). The van der Waals surface area contributed by atoms with Gasteiger partial charge in [0.1, 0.15) is 16.5 Å². The van der Waals surface area contributed by atoms with Gasteiger partial charge >= 0.3 is 0 Å². The van der Waals surface area contributed by atoms with E-state index in [1.54, 1.807) is 11.3 Å². The quantitative estimate of drug-likeness (QED) is 0.928. The molecule has 21 heavy (non-hydrogen) atoms. The molecule has 2 atom stereocenters. The van der Waals surface area contributed by atoms with Gasteiger partial charge in [0.2, 0.25) is 0 Å². The van der Waals surface area contributed by atoms with Gasteiger partial charge in [-0.2, -0.15) is 0 Å². The van der Waals surface area contributed by atoms with E-state index in [0.29, 0.717) is 11.4 Å². The highest BCUT2D eigenvalue weighted by Crippen LogP contribution is 2.34. The maximum Gasteiger partial charge on any atom is 0.142 e. The van der Waals surface area contributed by atoms with Crippen LogP contribution in [-0.2, 0) is 10.5 Å². The smallest absolute Gasteiger partial charge is 0.142 e. The van der Waals surface area contributed by atoms with Crippen molar-refractivity contribution >= 4 is 39.1 Å². The molecule has 2 aromatic rings. The van der Waals surface area contributed by atoms with Crippen LogP contribution in [0.2, 0.25) is 0 Å². The Hall–Kier alpha value is -0.850. The fraction of sp³-hybridized carbons (Fsp3) is 0.600. The molecule has 1 saturated heterocycles. The van der Waals surface area contributed by atoms with Crippen LogP contribution in [0.25, 0.3) is 10.2 Å². The Balaban J connectivity index is 1.85. The molecule has 0 aliphatic carbocycles. The average molecular weight is 323 g/mol. The summed E-state index contributed by atoms with van der Waals surface area (Å²) in [6.07, 6.45) is 1.47. The number of thioether (sulfide) groups is 1. The van der Waals surface area contributed by atoms with E-state index in [0.717, 1.165) is 35.3 Å². The molecule has 2 unspecified atom stereocenters. The molecule has 0 amide bonds. The molecular formula is C15H21N3OS2. The fourth-order valence-corrected chi connectivity index (χ4v) is 4.80. The van der Waals surface area contributed by atoms with Crippen LogP contribution in [0.3, 0.4) is 0 Å². The van der Waals surface area contributed by atoms with E-state index in [1.165, 1.54) is 15.8 Å². The van der Waals surface area contributed by atoms with Crippen LogP contribution in [0.15, 0.2) is 0 Å². The fourth-order valence-electron chi connectivity index (χ4n) is 2.65. The molecule has 1 N–H and O–H groups in total. The second kappa shape index (κ2) is 6.10. The SMILES string of the molecule is CNc1nc(CSC2CCOC2C)nc2sc(C)c(C)c12. The third-order valence-electron chi connectivity index (χ3n) is 4.04. The van der Waals surface area contributed by atoms with Crippen molar-refractivity contribution in [2.45, 2.75) is 44.3 Å². The van der Waals surface area contributed by atoms with Crippen molar-refractivity contribution in [1.29, 1.82) is 0 Å². The third-order valence-corrected chi connectivity index (χ3v) is 6.62. The minimum absolute atomic E-state index is 0.341. The molecule has 1 fully saturated rings. The first-order chi connectivity index (χ1) is 10.1. The summed E-state index contributed by atoms with van der Waals surface area (Å²) >= 11 is 3.67. The second-order valence-corrected chi connectivity index (χ2v) is 7.85. The topological polar surface area (TPSA) is 47.0 Å². The lowest BCUT2D eigenvalue weighted by atomic mass is 10.2. The van der Waals surface area contributed by atoms with Crippen molar-refractivity contribution in [2.24, 2.45) is 0 Å². The van der Waals surface area contributed by atoms with Crippen LogP contribution in [0, 0.1) is 13.8 Å². The van der Waals surface area contributed by atoms with Crippen LogP contribution in [0.4, 0.5) is 5.82 Å². The summed E-state index contributed by atoms with van der Waals surface area (Å²) in [5, 5.41) is 4.96. The first-order valence-corrected chi connectivity index (χ1v) is 9.14. The summed E-state index contributed by atoms with van der Waals surface area (Å²) in [6.45, 7) is 7.32. The maximum absolute atomic E-state index is 5.62. The lowest BCUT2D eigenvalue weighted by molar-refractivity contribution is 0.127. The maximum atomic E-state index is 5.62. The van der Waals surface area contributed by atoms with E-state index in [-0.39, 0.29) is 0 Å². The lowest BCUT2D eigenvalue weighted by Crippen LogP contribution is -2.14. The summed E-state index contributed by atoms with van der Waals surface area (Å²) in [6, 6.07) is 0. The number of aromatic nitrogens is 2. The van der Waals surface area contributed by atoms with E-state index >= 15 is 0 Å². The van der Waals surface area contributed by atoms with Gasteiger partial charge in [-0.25, -0.2) is 9.97 Å². The molecule has 0 radical (unpaired) electrons. The van der Waals surface area contributed by atoms with E-state index in [4.69, 9.17) is 14.7 Å². The summed E-state index contributed by atoms with van der Waals surface area (Å²) in [4.78, 5) is 11.9. The summed E-state index contributed by atoms with van der Waals surface area (Å²) in [5.74, 6) is 2.71. The molecule has 0 aromatic carbocycles. The minimum atomic E-state index is 0.341. The number of nitrogens with one attached hydrogen (secondary N) is 1. The molecular weight excluding hydrogens is 302 g/mol. The Morgan fingerprint density at radius 1 is 1.38 bits per heavy atom. The summed E-state index contributed by atoms with van der Waals surface area (Å²) in [5.41, 5.74) is 1.29. The molecule has 4 nitrogen and oxygen atoms in total. The van der Waals surface area contributed by atoms with Crippen molar-refractivity contribution < 1.29 is 4.74 Å². The van der Waals surface area contributed by atoms with Crippen molar-refractivity contribution in [2.75, 3.05) is 19.0 Å². The van der Waals surface area contributed by atoms with E-state index < -0.39 is 0 Å². The zero-order chi connectivity index (χ0) is 15.0. The normalized spacial score (nSPS) is 22.1. The van der Waals surface area contributed by atoms with Gasteiger partial charge < -0.3 is 10.1 Å². The number of fused-ring (bicyclic) bond motifs is 1. The van der Waals surface area contributed by atoms with Crippen LogP contribution in [0.5, 0.6) is 0 Å². The summed E-state index contributed by atoms with van der Waals surface area (Å²) < 4.78 is 5.62. The zero-order valence-electron chi connectivity index (χ0n) is 12.9. The number of ether oxygens (including phenoxy) is 1. The molecule has 0 spiro atoms. The molecule has 3 heterocycles. The summed E-state index contributed by atoms with van der Waals surface area (Å²) in [7, 11) is 1.93. The third kappa shape index (κ3) is 2.89. The predicted octanol–water partition coefficient (Wildman–Crippen LogP) is 3.76. The molecule has 6 heteroatoms. The molecule has 0 saturated carbocycles. The van der Waals surface area contributed by atoms with Crippen LogP contribution in [-0.4, -0.2) is 35.0 Å². The predicted molar refractivity (Wildman–Crippen MR) is 91.5 cm³/mol. The first kappa shape index (κ1) is 15.1. The lowest BCUT2D eigenvalue weighted by Gasteiger charge is -2.13. The monoisotopic (exact) mass is 323 g/mol. The Morgan fingerprint density at radius 3 is 2.86 bits per heavy atom. The second-order valence-electron chi connectivity index (χ2n) is 5.42. The van der Waals surface area contributed by atoms with Gasteiger partial charge in [-0.05, 0) is 32.8 Å². The van der Waals surface area contributed by atoms with E-state index in [2.05, 4.69) is 26.1 Å². The number of hydrogen-bond donors (Lipinski definition) is 1. The van der Waals surface area contributed by atoms with Crippen molar-refractivity contribution in [3.63, 3.8) is 0 Å². The first-order valence-electron chi connectivity index (χ1n) is 7.27. The molecule has 1 aliphatic heterocycles. The number of aryl methyl sites for hydroxylation is 2. The Morgan fingerprint density at radius 2 is 2.19 bits per heavy atom. The van der Waals surface area contributed by atoms with Gasteiger partial charge in [-0.3, -0.25) is 0 Å². The number of rotatable bonds is 4. The van der Waals surface area contributed by atoms with Gasteiger partial charge in [0, 0.05) is 23.8 Å². The van der Waals surface area contributed by atoms with Crippen molar-refractivity contribution in [3.05, 3.63) is 16.3 Å². The Labute approximate surface area is 133 Å². The van der Waals surface area contributed by atoms with Gasteiger partial charge in [0.05, 0.1) is 17.2 Å². The molecule has 0 bridgehead atoms. The number of thiophene rings is 1.